The zero-order valence-electron chi connectivity index (χ0n) is 11.2. The van der Waals surface area contributed by atoms with Crippen LogP contribution in [0.2, 0.25) is 5.02 Å². The van der Waals surface area contributed by atoms with Crippen LogP contribution in [0.3, 0.4) is 0 Å². The number of rotatable bonds is 5. The zero-order chi connectivity index (χ0) is 15.4. The molecular weight excluding hydrogens is 312 g/mol. The first-order chi connectivity index (χ1) is 10.0. The molecule has 110 valence electrons. The lowest BCUT2D eigenvalue weighted by atomic mass is 10.2. The van der Waals surface area contributed by atoms with Gasteiger partial charge in [-0.2, -0.15) is 0 Å². The fraction of sp³-hybridized carbons (Fsp3) is 0.143. The number of nitrogens with two attached hydrogens (primary N) is 1. The van der Waals surface area contributed by atoms with Crippen LogP contribution in [0.4, 0.5) is 11.4 Å². The Kier molecular flexibility index (Phi) is 4.93. The number of nitrogens with zero attached hydrogens (tertiary/aromatic N) is 1. The summed E-state index contributed by atoms with van der Waals surface area (Å²) in [4.78, 5) is 11.4. The smallest absolute Gasteiger partial charge is 0.274 e. The maximum atomic E-state index is 11.0. The molecule has 2 rings (SSSR count). The van der Waals surface area contributed by atoms with Gasteiger partial charge in [0, 0.05) is 22.4 Å². The highest BCUT2D eigenvalue weighted by Crippen LogP contribution is 2.36. The molecule has 2 aromatic rings. The molecule has 0 heterocycles. The molecule has 0 unspecified atom stereocenters. The molecule has 2 aromatic carbocycles. The summed E-state index contributed by atoms with van der Waals surface area (Å²) in [6.07, 6.45) is 0. The van der Waals surface area contributed by atoms with Gasteiger partial charge in [-0.15, -0.1) is 11.8 Å². The van der Waals surface area contributed by atoms with Gasteiger partial charge in [-0.1, -0.05) is 17.7 Å². The number of hydrogen-bond donors (Lipinski definition) is 1. The Morgan fingerprint density at radius 1 is 1.38 bits per heavy atom. The molecule has 0 atom stereocenters. The number of nitro benzene ring substituents is 1. The number of thioether (sulfide) groups is 1. The molecule has 0 saturated heterocycles. The lowest BCUT2D eigenvalue weighted by molar-refractivity contribution is -0.385. The summed E-state index contributed by atoms with van der Waals surface area (Å²) in [5.41, 5.74) is 6.99. The van der Waals surface area contributed by atoms with Gasteiger partial charge in [0.2, 0.25) is 0 Å². The Bertz CT molecular complexity index is 679. The lowest BCUT2D eigenvalue weighted by Crippen LogP contribution is -1.96. The predicted molar refractivity (Wildman–Crippen MR) is 85.1 cm³/mol. The number of anilines is 1. The number of halogens is 1. The van der Waals surface area contributed by atoms with Gasteiger partial charge in [0.05, 0.1) is 22.6 Å². The number of nitro groups is 1. The van der Waals surface area contributed by atoms with Crippen LogP contribution in [-0.2, 0) is 5.75 Å². The largest absolute Gasteiger partial charge is 0.497 e. The van der Waals surface area contributed by atoms with Gasteiger partial charge >= 0.3 is 0 Å². The second kappa shape index (κ2) is 6.69. The molecule has 0 aliphatic heterocycles. The maximum absolute atomic E-state index is 11.0. The van der Waals surface area contributed by atoms with Gasteiger partial charge in [-0.3, -0.25) is 10.1 Å². The SMILES string of the molecule is COc1ccc(N)c(SCc2c(Cl)cccc2[N+](=O)[O-])c1. The molecule has 0 aliphatic carbocycles. The van der Waals surface area contributed by atoms with E-state index in [9.17, 15) is 10.1 Å². The fourth-order valence-electron chi connectivity index (χ4n) is 1.78. The summed E-state index contributed by atoms with van der Waals surface area (Å²) < 4.78 is 5.14. The second-order valence-electron chi connectivity index (χ2n) is 4.19. The van der Waals surface area contributed by atoms with Crippen molar-refractivity contribution in [1.82, 2.24) is 0 Å². The van der Waals surface area contributed by atoms with Crippen LogP contribution in [-0.4, -0.2) is 12.0 Å². The maximum Gasteiger partial charge on any atom is 0.274 e. The third-order valence-electron chi connectivity index (χ3n) is 2.88. The van der Waals surface area contributed by atoms with Crippen LogP contribution >= 0.6 is 23.4 Å². The Morgan fingerprint density at radius 3 is 2.81 bits per heavy atom. The summed E-state index contributed by atoms with van der Waals surface area (Å²) >= 11 is 7.45. The monoisotopic (exact) mass is 324 g/mol. The predicted octanol–water partition coefficient (Wildman–Crippen LogP) is 4.13. The molecule has 2 N–H and O–H groups in total. The number of methoxy groups -OCH3 is 1. The van der Waals surface area contributed by atoms with Gasteiger partial charge in [-0.25, -0.2) is 0 Å². The van der Waals surface area contributed by atoms with Crippen molar-refractivity contribution in [2.24, 2.45) is 0 Å². The van der Waals surface area contributed by atoms with Crippen molar-refractivity contribution in [2.75, 3.05) is 12.8 Å². The molecule has 0 amide bonds. The number of hydrogen-bond acceptors (Lipinski definition) is 5. The number of benzene rings is 2. The first-order valence-corrected chi connectivity index (χ1v) is 7.37. The number of nitrogen functional groups attached to an aromatic ring is 1. The molecule has 0 saturated carbocycles. The molecule has 5 nitrogen and oxygen atoms in total. The van der Waals surface area contributed by atoms with E-state index < -0.39 is 4.92 Å². The van der Waals surface area contributed by atoms with E-state index in [1.54, 1.807) is 37.4 Å². The average molecular weight is 325 g/mol. The van der Waals surface area contributed by atoms with E-state index in [2.05, 4.69) is 0 Å². The Balaban J connectivity index is 2.26. The van der Waals surface area contributed by atoms with Crippen molar-refractivity contribution in [3.05, 3.63) is 57.1 Å². The van der Waals surface area contributed by atoms with E-state index in [4.69, 9.17) is 22.1 Å². The molecular formula is C14H13ClN2O3S. The fourth-order valence-corrected chi connectivity index (χ4v) is 3.13. The van der Waals surface area contributed by atoms with Gasteiger partial charge < -0.3 is 10.5 Å². The first-order valence-electron chi connectivity index (χ1n) is 6.01. The van der Waals surface area contributed by atoms with E-state index in [1.807, 2.05) is 0 Å². The molecule has 0 fully saturated rings. The van der Waals surface area contributed by atoms with Crippen LogP contribution in [0, 0.1) is 10.1 Å². The van der Waals surface area contributed by atoms with Crippen LogP contribution < -0.4 is 10.5 Å². The standard InChI is InChI=1S/C14H13ClN2O3S/c1-20-9-5-6-12(16)14(7-9)21-8-10-11(15)3-2-4-13(10)17(18)19/h2-7H,8,16H2,1H3. The molecule has 0 bridgehead atoms. The lowest BCUT2D eigenvalue weighted by Gasteiger charge is -2.09. The molecule has 0 radical (unpaired) electrons. The minimum absolute atomic E-state index is 0.0106. The van der Waals surface area contributed by atoms with E-state index >= 15 is 0 Å². The van der Waals surface area contributed by atoms with E-state index in [-0.39, 0.29) is 5.69 Å². The van der Waals surface area contributed by atoms with Crippen LogP contribution in [0.1, 0.15) is 5.56 Å². The van der Waals surface area contributed by atoms with Crippen molar-refractivity contribution in [1.29, 1.82) is 0 Å². The third-order valence-corrected chi connectivity index (χ3v) is 4.34. The molecule has 7 heteroatoms. The van der Waals surface area contributed by atoms with Crippen LogP contribution in [0.5, 0.6) is 5.75 Å². The zero-order valence-corrected chi connectivity index (χ0v) is 12.8. The molecule has 21 heavy (non-hydrogen) atoms. The Hall–Kier alpha value is -1.92. The van der Waals surface area contributed by atoms with E-state index in [0.29, 0.717) is 27.8 Å². The quantitative estimate of drug-likeness (QED) is 0.387. The summed E-state index contributed by atoms with van der Waals surface area (Å²) in [7, 11) is 1.57. The van der Waals surface area contributed by atoms with Crippen molar-refractivity contribution in [2.45, 2.75) is 10.6 Å². The van der Waals surface area contributed by atoms with Crippen molar-refractivity contribution in [3.63, 3.8) is 0 Å². The number of ether oxygens (including phenoxy) is 1. The van der Waals surface area contributed by atoms with Gasteiger partial charge in [0.1, 0.15) is 5.75 Å². The summed E-state index contributed by atoms with van der Waals surface area (Å²) in [6.45, 7) is 0. The van der Waals surface area contributed by atoms with Crippen molar-refractivity contribution < 1.29 is 9.66 Å². The average Bonchev–Trinajstić information content (AvgIpc) is 2.47. The van der Waals surface area contributed by atoms with Crippen molar-refractivity contribution >= 4 is 34.7 Å². The first kappa shape index (κ1) is 15.5. The minimum Gasteiger partial charge on any atom is -0.497 e. The van der Waals surface area contributed by atoms with Crippen LogP contribution in [0.15, 0.2) is 41.3 Å². The topological polar surface area (TPSA) is 78.4 Å². The molecule has 0 aromatic heterocycles. The highest BCUT2D eigenvalue weighted by atomic mass is 35.5. The summed E-state index contributed by atoms with van der Waals surface area (Å²) in [6, 6.07) is 9.94. The van der Waals surface area contributed by atoms with Crippen molar-refractivity contribution in [3.8, 4) is 5.75 Å². The normalized spacial score (nSPS) is 10.4. The summed E-state index contributed by atoms with van der Waals surface area (Å²) in [5, 5.41) is 11.4. The Labute approximate surface area is 131 Å². The van der Waals surface area contributed by atoms with E-state index in [0.717, 1.165) is 4.90 Å². The highest BCUT2D eigenvalue weighted by molar-refractivity contribution is 7.98. The third kappa shape index (κ3) is 3.59. The highest BCUT2D eigenvalue weighted by Gasteiger charge is 2.17. The molecule has 0 spiro atoms. The van der Waals surface area contributed by atoms with E-state index in [1.165, 1.54) is 17.8 Å². The van der Waals surface area contributed by atoms with Gasteiger partial charge in [0.25, 0.3) is 5.69 Å². The summed E-state index contributed by atoms with van der Waals surface area (Å²) in [5.74, 6) is 1.04. The van der Waals surface area contributed by atoms with Crippen LogP contribution in [0.25, 0.3) is 0 Å². The Morgan fingerprint density at radius 2 is 2.14 bits per heavy atom. The minimum atomic E-state index is -0.434. The second-order valence-corrected chi connectivity index (χ2v) is 5.61. The van der Waals surface area contributed by atoms with Gasteiger partial charge in [-0.05, 0) is 24.3 Å². The molecule has 0 aliphatic rings. The van der Waals surface area contributed by atoms with Gasteiger partial charge in [0.15, 0.2) is 0 Å².